The van der Waals surface area contributed by atoms with E-state index in [1.807, 2.05) is 6.92 Å². The number of carboxylic acid groups (broad SMARTS) is 1. The van der Waals surface area contributed by atoms with Gasteiger partial charge < -0.3 is 40.4 Å². The highest BCUT2D eigenvalue weighted by molar-refractivity contribution is 7.86. The number of nitrogens with two attached hydrogens (primary N) is 1. The molecule has 0 amide bonds. The SMILES string of the molecule is COCCOCC(=O)O.Cc1ccc(S(=O)(=O)OCC2OC(O)C(N)[C@@H](O)[C@H]2O)cc1. The Hall–Kier alpha value is -1.68. The van der Waals surface area contributed by atoms with E-state index < -0.39 is 53.3 Å². The molecule has 3 unspecified atom stereocenters. The van der Waals surface area contributed by atoms with Gasteiger partial charge in [-0.3, -0.25) is 4.18 Å². The molecule has 2 rings (SSSR count). The number of aliphatic carboxylic acids is 1. The van der Waals surface area contributed by atoms with Gasteiger partial charge in [0, 0.05) is 7.11 Å². The number of aliphatic hydroxyl groups excluding tert-OH is 3. The highest BCUT2D eigenvalue weighted by Gasteiger charge is 2.42. The van der Waals surface area contributed by atoms with Gasteiger partial charge in [0.2, 0.25) is 0 Å². The van der Waals surface area contributed by atoms with E-state index in [0.29, 0.717) is 13.2 Å². The summed E-state index contributed by atoms with van der Waals surface area (Å²) in [5, 5.41) is 37.0. The first kappa shape index (κ1) is 27.4. The molecule has 0 aliphatic carbocycles. The summed E-state index contributed by atoms with van der Waals surface area (Å²) in [6.07, 6.45) is -5.65. The first-order valence-corrected chi connectivity index (χ1v) is 10.6. The summed E-state index contributed by atoms with van der Waals surface area (Å²) in [5.74, 6) is -0.953. The zero-order valence-corrected chi connectivity index (χ0v) is 18.0. The molecule has 6 N–H and O–H groups in total. The van der Waals surface area contributed by atoms with Crippen molar-refractivity contribution >= 4 is 16.1 Å². The van der Waals surface area contributed by atoms with Crippen molar-refractivity contribution in [1.29, 1.82) is 0 Å². The van der Waals surface area contributed by atoms with Crippen molar-refractivity contribution in [2.45, 2.75) is 42.5 Å². The van der Waals surface area contributed by atoms with Gasteiger partial charge in [0.1, 0.15) is 24.9 Å². The fourth-order valence-electron chi connectivity index (χ4n) is 2.34. The Morgan fingerprint density at radius 2 is 1.74 bits per heavy atom. The maximum atomic E-state index is 12.0. The molecule has 31 heavy (non-hydrogen) atoms. The van der Waals surface area contributed by atoms with Crippen LogP contribution in [0, 0.1) is 6.92 Å². The normalized spacial score (nSPS) is 26.1. The summed E-state index contributed by atoms with van der Waals surface area (Å²) in [6, 6.07) is 4.84. The minimum atomic E-state index is -4.03. The number of hydrogen-bond donors (Lipinski definition) is 5. The Bertz CT molecular complexity index is 771. The number of aliphatic hydroxyl groups is 3. The van der Waals surface area contributed by atoms with Crippen LogP contribution in [0.4, 0.5) is 0 Å². The first-order chi connectivity index (χ1) is 14.5. The van der Waals surface area contributed by atoms with Crippen molar-refractivity contribution in [3.05, 3.63) is 29.8 Å². The maximum Gasteiger partial charge on any atom is 0.329 e. The van der Waals surface area contributed by atoms with Crippen LogP contribution in [-0.4, -0.2) is 99.0 Å². The summed E-state index contributed by atoms with van der Waals surface area (Å²) in [5.41, 5.74) is 6.31. The molecule has 1 aromatic rings. The highest BCUT2D eigenvalue weighted by atomic mass is 32.2. The van der Waals surface area contributed by atoms with Crippen LogP contribution in [0.25, 0.3) is 0 Å². The second kappa shape index (κ2) is 13.0. The van der Waals surface area contributed by atoms with Crippen molar-refractivity contribution in [1.82, 2.24) is 0 Å². The van der Waals surface area contributed by atoms with Crippen molar-refractivity contribution < 1.29 is 52.0 Å². The van der Waals surface area contributed by atoms with Crippen LogP contribution in [0.1, 0.15) is 5.56 Å². The molecular weight excluding hydrogens is 438 g/mol. The fraction of sp³-hybridized carbons (Fsp3) is 0.611. The predicted molar refractivity (Wildman–Crippen MR) is 106 cm³/mol. The number of ether oxygens (including phenoxy) is 3. The van der Waals surface area contributed by atoms with Gasteiger partial charge in [-0.15, -0.1) is 0 Å². The average Bonchev–Trinajstić information content (AvgIpc) is 2.72. The quantitative estimate of drug-likeness (QED) is 0.202. The number of carboxylic acids is 1. The lowest BCUT2D eigenvalue weighted by Crippen LogP contribution is -2.62. The van der Waals surface area contributed by atoms with Crippen molar-refractivity contribution in [2.24, 2.45) is 5.73 Å². The van der Waals surface area contributed by atoms with E-state index in [1.165, 1.54) is 19.2 Å². The zero-order chi connectivity index (χ0) is 23.6. The second-order valence-corrected chi connectivity index (χ2v) is 8.23. The van der Waals surface area contributed by atoms with E-state index in [4.69, 9.17) is 19.8 Å². The van der Waals surface area contributed by atoms with E-state index in [9.17, 15) is 28.5 Å². The standard InChI is InChI=1S/C13H19NO7S.C5H10O4/c1-7-2-4-8(5-3-7)22(18,19)20-6-9-11(15)12(16)10(14)13(17)21-9;1-8-2-3-9-4-5(6)7/h2-5,9-13,15-17H,6,14H2,1H3;2-4H2,1H3,(H,6,7)/t9?,10?,11-,12+,13?;/m0./s1. The van der Waals surface area contributed by atoms with Gasteiger partial charge in [-0.2, -0.15) is 8.42 Å². The average molecular weight is 467 g/mol. The molecular formula is C18H29NO11S. The summed E-state index contributed by atoms with van der Waals surface area (Å²) >= 11 is 0. The molecule has 5 atom stereocenters. The van der Waals surface area contributed by atoms with Gasteiger partial charge in [-0.05, 0) is 19.1 Å². The Balaban J connectivity index is 0.000000452. The van der Waals surface area contributed by atoms with Gasteiger partial charge in [-0.1, -0.05) is 17.7 Å². The summed E-state index contributed by atoms with van der Waals surface area (Å²) in [7, 11) is -2.50. The minimum absolute atomic E-state index is 0.0406. The van der Waals surface area contributed by atoms with Crippen LogP contribution in [0.2, 0.25) is 0 Å². The largest absolute Gasteiger partial charge is 0.480 e. The molecule has 0 radical (unpaired) electrons. The van der Waals surface area contributed by atoms with Crippen LogP contribution in [0.3, 0.4) is 0 Å². The van der Waals surface area contributed by atoms with Gasteiger partial charge in [-0.25, -0.2) is 4.79 Å². The number of carbonyl (C=O) groups is 1. The molecule has 1 saturated heterocycles. The molecule has 1 aliphatic heterocycles. The third kappa shape index (κ3) is 9.14. The third-order valence-corrected chi connectivity index (χ3v) is 5.42. The van der Waals surface area contributed by atoms with Crippen molar-refractivity contribution in [3.63, 3.8) is 0 Å². The molecule has 13 heteroatoms. The van der Waals surface area contributed by atoms with E-state index in [-0.39, 0.29) is 11.5 Å². The van der Waals surface area contributed by atoms with E-state index in [1.54, 1.807) is 12.1 Å². The van der Waals surface area contributed by atoms with Gasteiger partial charge >= 0.3 is 5.97 Å². The second-order valence-electron chi connectivity index (χ2n) is 6.61. The Morgan fingerprint density at radius 1 is 1.13 bits per heavy atom. The molecule has 0 spiro atoms. The number of aryl methyl sites for hydroxylation is 1. The number of hydrogen-bond acceptors (Lipinski definition) is 11. The van der Waals surface area contributed by atoms with Crippen LogP contribution in [-0.2, 0) is 33.3 Å². The topological polar surface area (TPSA) is 195 Å². The van der Waals surface area contributed by atoms with Crippen LogP contribution < -0.4 is 5.73 Å². The van der Waals surface area contributed by atoms with Gasteiger partial charge in [0.15, 0.2) is 6.29 Å². The minimum Gasteiger partial charge on any atom is -0.480 e. The van der Waals surface area contributed by atoms with Crippen molar-refractivity contribution in [3.8, 4) is 0 Å². The van der Waals surface area contributed by atoms with Crippen LogP contribution in [0.5, 0.6) is 0 Å². The van der Waals surface area contributed by atoms with Crippen LogP contribution in [0.15, 0.2) is 29.2 Å². The van der Waals surface area contributed by atoms with Gasteiger partial charge in [0.05, 0.1) is 30.8 Å². The highest BCUT2D eigenvalue weighted by Crippen LogP contribution is 2.21. The molecule has 0 saturated carbocycles. The molecule has 0 bridgehead atoms. The van der Waals surface area contributed by atoms with E-state index >= 15 is 0 Å². The predicted octanol–water partition coefficient (Wildman–Crippen LogP) is -1.80. The lowest BCUT2D eigenvalue weighted by molar-refractivity contribution is -0.246. The lowest BCUT2D eigenvalue weighted by atomic mass is 9.98. The molecule has 1 fully saturated rings. The van der Waals surface area contributed by atoms with E-state index in [0.717, 1.165) is 5.56 Å². The Morgan fingerprint density at radius 3 is 2.29 bits per heavy atom. The zero-order valence-electron chi connectivity index (χ0n) is 17.2. The summed E-state index contributed by atoms with van der Waals surface area (Å²) < 4.78 is 43.0. The summed E-state index contributed by atoms with van der Waals surface area (Å²) in [4.78, 5) is 9.76. The monoisotopic (exact) mass is 467 g/mol. The maximum absolute atomic E-state index is 12.0. The lowest BCUT2D eigenvalue weighted by Gasteiger charge is -2.38. The third-order valence-electron chi connectivity index (χ3n) is 4.12. The van der Waals surface area contributed by atoms with Gasteiger partial charge in [0.25, 0.3) is 10.1 Å². The Kier molecular flexibility index (Phi) is 11.5. The van der Waals surface area contributed by atoms with Crippen LogP contribution >= 0.6 is 0 Å². The smallest absolute Gasteiger partial charge is 0.329 e. The molecule has 178 valence electrons. The van der Waals surface area contributed by atoms with E-state index in [2.05, 4.69) is 9.47 Å². The number of methoxy groups -OCH3 is 1. The molecule has 1 aliphatic rings. The molecule has 12 nitrogen and oxygen atoms in total. The van der Waals surface area contributed by atoms with Crippen molar-refractivity contribution in [2.75, 3.05) is 33.5 Å². The number of benzene rings is 1. The Labute approximate surface area is 180 Å². The fourth-order valence-corrected chi connectivity index (χ4v) is 3.25. The summed E-state index contributed by atoms with van der Waals surface area (Å²) in [6.45, 7) is 1.78. The molecule has 1 aromatic carbocycles. The first-order valence-electron chi connectivity index (χ1n) is 9.19. The molecule has 0 aromatic heterocycles. The molecule has 1 heterocycles. The number of rotatable bonds is 9.